The van der Waals surface area contributed by atoms with Crippen LogP contribution in [0, 0.1) is 6.92 Å². The second-order valence-electron chi connectivity index (χ2n) is 9.40. The van der Waals surface area contributed by atoms with Crippen molar-refractivity contribution in [1.82, 2.24) is 10.2 Å². The van der Waals surface area contributed by atoms with Crippen LogP contribution >= 0.6 is 27.5 Å². The van der Waals surface area contributed by atoms with Gasteiger partial charge in [0, 0.05) is 22.1 Å². The molecule has 3 aromatic rings. The van der Waals surface area contributed by atoms with Gasteiger partial charge in [0.05, 0.1) is 10.6 Å². The minimum Gasteiger partial charge on any atom is -0.352 e. The van der Waals surface area contributed by atoms with Crippen LogP contribution in [0.2, 0.25) is 5.02 Å². The maximum Gasteiger partial charge on any atom is 0.264 e. The number of sulfonamides is 1. The number of carbonyl (C=O) groups excluding carboxylic acids is 2. The zero-order valence-corrected chi connectivity index (χ0v) is 25.6. The van der Waals surface area contributed by atoms with Crippen LogP contribution in [-0.2, 0) is 26.2 Å². The molecular formula is C29H33BrClN3O4S. The first kappa shape index (κ1) is 30.7. The molecule has 2 unspecified atom stereocenters. The quantitative estimate of drug-likeness (QED) is 0.283. The fraction of sp³-hybridized carbons (Fsp3) is 0.310. The van der Waals surface area contributed by atoms with Crippen LogP contribution in [0.15, 0.2) is 82.2 Å². The number of anilines is 1. The van der Waals surface area contributed by atoms with E-state index in [4.69, 9.17) is 11.6 Å². The lowest BCUT2D eigenvalue weighted by Crippen LogP contribution is -2.52. The highest BCUT2D eigenvalue weighted by Crippen LogP contribution is 2.28. The third-order valence-electron chi connectivity index (χ3n) is 6.46. The zero-order chi connectivity index (χ0) is 28.7. The van der Waals surface area contributed by atoms with Crippen LogP contribution in [0.1, 0.15) is 38.3 Å². The van der Waals surface area contributed by atoms with E-state index >= 15 is 0 Å². The molecule has 0 spiro atoms. The smallest absolute Gasteiger partial charge is 0.264 e. The zero-order valence-electron chi connectivity index (χ0n) is 22.4. The fourth-order valence-corrected chi connectivity index (χ4v) is 5.91. The molecule has 0 aliphatic heterocycles. The molecule has 0 fully saturated rings. The highest BCUT2D eigenvalue weighted by Gasteiger charge is 2.33. The van der Waals surface area contributed by atoms with Crippen molar-refractivity contribution in [2.24, 2.45) is 0 Å². The second-order valence-corrected chi connectivity index (χ2v) is 12.6. The summed E-state index contributed by atoms with van der Waals surface area (Å²) in [5, 5.41) is 3.30. The van der Waals surface area contributed by atoms with Crippen LogP contribution in [0.5, 0.6) is 0 Å². The number of hydrogen-bond donors (Lipinski definition) is 1. The molecule has 0 heterocycles. The van der Waals surface area contributed by atoms with Crippen LogP contribution in [0.4, 0.5) is 5.69 Å². The minimum absolute atomic E-state index is 0.0376. The number of nitrogens with zero attached hydrogens (tertiary/aromatic N) is 2. The summed E-state index contributed by atoms with van der Waals surface area (Å²) in [5.41, 5.74) is 1.81. The Balaban J connectivity index is 2.04. The third kappa shape index (κ3) is 7.84. The number of carbonyl (C=O) groups is 2. The Labute approximate surface area is 244 Å². The van der Waals surface area contributed by atoms with Gasteiger partial charge in [0.2, 0.25) is 11.8 Å². The van der Waals surface area contributed by atoms with Crippen molar-refractivity contribution in [3.05, 3.63) is 93.4 Å². The van der Waals surface area contributed by atoms with Crippen LogP contribution in [0.3, 0.4) is 0 Å². The molecule has 0 aromatic heterocycles. The number of benzene rings is 3. The van der Waals surface area contributed by atoms with Gasteiger partial charge < -0.3 is 10.2 Å². The largest absolute Gasteiger partial charge is 0.352 e. The van der Waals surface area contributed by atoms with E-state index in [1.54, 1.807) is 37.3 Å². The van der Waals surface area contributed by atoms with E-state index in [-0.39, 0.29) is 29.1 Å². The Kier molecular flexibility index (Phi) is 10.6. The molecule has 1 N–H and O–H groups in total. The number of amides is 2. The summed E-state index contributed by atoms with van der Waals surface area (Å²) >= 11 is 9.80. The summed E-state index contributed by atoms with van der Waals surface area (Å²) in [6, 6.07) is 19.2. The summed E-state index contributed by atoms with van der Waals surface area (Å²) in [7, 11) is -4.14. The van der Waals surface area contributed by atoms with Gasteiger partial charge in [0.25, 0.3) is 10.0 Å². The number of nitrogens with one attached hydrogen (secondary N) is 1. The first-order chi connectivity index (χ1) is 18.4. The molecule has 0 aliphatic carbocycles. The lowest BCUT2D eigenvalue weighted by Gasteiger charge is -2.32. The molecule has 2 amide bonds. The molecule has 0 saturated carbocycles. The van der Waals surface area contributed by atoms with E-state index in [1.807, 2.05) is 45.0 Å². The van der Waals surface area contributed by atoms with E-state index in [9.17, 15) is 18.0 Å². The van der Waals surface area contributed by atoms with Crippen molar-refractivity contribution in [2.75, 3.05) is 10.8 Å². The average Bonchev–Trinajstić information content (AvgIpc) is 2.91. The fourth-order valence-electron chi connectivity index (χ4n) is 3.87. The predicted molar refractivity (Wildman–Crippen MR) is 159 cm³/mol. The number of hydrogen-bond acceptors (Lipinski definition) is 4. The Hall–Kier alpha value is -2.88. The van der Waals surface area contributed by atoms with Crippen molar-refractivity contribution in [3.8, 4) is 0 Å². The van der Waals surface area contributed by atoms with Crippen LogP contribution in [0.25, 0.3) is 0 Å². The molecule has 0 aliphatic rings. The SMILES string of the molecule is CCC(C)NC(=O)C(C)N(Cc1cccc(Br)c1)C(=O)CN(c1ccc(C)c(Cl)c1)S(=O)(=O)c1ccccc1. The standard InChI is InChI=1S/C29H33BrClN3O4S/c1-5-21(3)32-29(36)22(4)33(18-23-10-9-11-24(30)16-23)28(35)19-34(25-15-14-20(2)27(31)17-25)39(37,38)26-12-7-6-8-13-26/h6-17,21-22H,5,18-19H2,1-4H3,(H,32,36). The Bertz CT molecular complexity index is 1420. The highest BCUT2D eigenvalue weighted by molar-refractivity contribution is 9.10. The van der Waals surface area contributed by atoms with E-state index < -0.39 is 28.5 Å². The molecule has 10 heteroatoms. The summed E-state index contributed by atoms with van der Waals surface area (Å²) in [6.07, 6.45) is 0.731. The van der Waals surface area contributed by atoms with Gasteiger partial charge in [-0.1, -0.05) is 70.9 Å². The summed E-state index contributed by atoms with van der Waals surface area (Å²) in [6.45, 7) is 6.89. The van der Waals surface area contributed by atoms with E-state index in [2.05, 4.69) is 21.2 Å². The van der Waals surface area contributed by atoms with Gasteiger partial charge in [0.15, 0.2) is 0 Å². The molecule has 0 radical (unpaired) electrons. The van der Waals surface area contributed by atoms with E-state index in [1.165, 1.54) is 23.1 Å². The molecule has 208 valence electrons. The molecule has 39 heavy (non-hydrogen) atoms. The lowest BCUT2D eigenvalue weighted by molar-refractivity contribution is -0.139. The van der Waals surface area contributed by atoms with Crippen molar-refractivity contribution < 1.29 is 18.0 Å². The monoisotopic (exact) mass is 633 g/mol. The molecule has 0 saturated heterocycles. The van der Waals surface area contributed by atoms with Crippen molar-refractivity contribution >= 4 is 55.1 Å². The Morgan fingerprint density at radius 2 is 1.69 bits per heavy atom. The number of aryl methyl sites for hydroxylation is 1. The first-order valence-electron chi connectivity index (χ1n) is 12.6. The highest BCUT2D eigenvalue weighted by atomic mass is 79.9. The van der Waals surface area contributed by atoms with Gasteiger partial charge in [-0.25, -0.2) is 8.42 Å². The number of halogens is 2. The summed E-state index contributed by atoms with van der Waals surface area (Å²) in [5.74, 6) is -0.846. The van der Waals surface area contributed by atoms with Gasteiger partial charge in [-0.15, -0.1) is 0 Å². The van der Waals surface area contributed by atoms with E-state index in [0.717, 1.165) is 26.3 Å². The van der Waals surface area contributed by atoms with Crippen molar-refractivity contribution in [1.29, 1.82) is 0 Å². The first-order valence-corrected chi connectivity index (χ1v) is 15.2. The lowest BCUT2D eigenvalue weighted by atomic mass is 10.1. The van der Waals surface area contributed by atoms with Crippen molar-refractivity contribution in [3.63, 3.8) is 0 Å². The predicted octanol–water partition coefficient (Wildman–Crippen LogP) is 5.94. The molecular weight excluding hydrogens is 602 g/mol. The maximum atomic E-state index is 13.9. The van der Waals surface area contributed by atoms with E-state index in [0.29, 0.717) is 5.02 Å². The van der Waals surface area contributed by atoms with Gasteiger partial charge in [0.1, 0.15) is 12.6 Å². The molecule has 3 rings (SSSR count). The third-order valence-corrected chi connectivity index (χ3v) is 9.15. The normalized spacial score (nSPS) is 12.9. The van der Waals surface area contributed by atoms with Crippen LogP contribution < -0.4 is 9.62 Å². The molecule has 2 atom stereocenters. The van der Waals surface area contributed by atoms with Crippen molar-refractivity contribution in [2.45, 2.75) is 57.6 Å². The Morgan fingerprint density at radius 1 is 1.00 bits per heavy atom. The molecule has 0 bridgehead atoms. The Morgan fingerprint density at radius 3 is 2.31 bits per heavy atom. The topological polar surface area (TPSA) is 86.8 Å². The number of rotatable bonds is 11. The minimum atomic E-state index is -4.14. The van der Waals surface area contributed by atoms with Gasteiger partial charge in [-0.3, -0.25) is 13.9 Å². The summed E-state index contributed by atoms with van der Waals surface area (Å²) in [4.78, 5) is 28.5. The molecule has 3 aromatic carbocycles. The van der Waals surface area contributed by atoms with Crippen LogP contribution in [-0.4, -0.2) is 43.8 Å². The van der Waals surface area contributed by atoms with Gasteiger partial charge in [-0.2, -0.15) is 0 Å². The van der Waals surface area contributed by atoms with Gasteiger partial charge in [-0.05, 0) is 74.7 Å². The maximum absolute atomic E-state index is 13.9. The summed E-state index contributed by atoms with van der Waals surface area (Å²) < 4.78 is 29.5. The second kappa shape index (κ2) is 13.5. The molecule has 7 nitrogen and oxygen atoms in total. The average molecular weight is 635 g/mol. The van der Waals surface area contributed by atoms with Gasteiger partial charge >= 0.3 is 0 Å².